The normalized spacial score (nSPS) is 10.2. The van der Waals surface area contributed by atoms with Crippen LogP contribution in [0.15, 0.2) is 51.6 Å². The van der Waals surface area contributed by atoms with Crippen molar-refractivity contribution >= 4 is 21.8 Å². The third-order valence-electron chi connectivity index (χ3n) is 2.42. The minimum atomic E-state index is -0.217. The van der Waals surface area contributed by atoms with Crippen LogP contribution in [0.5, 0.6) is 5.75 Å². The summed E-state index contributed by atoms with van der Waals surface area (Å²) in [6.07, 6.45) is 0.739. The SMILES string of the molecule is O=C(NCCCOc1ccccc1)c1ccc(Br)o1. The van der Waals surface area contributed by atoms with Crippen molar-refractivity contribution in [1.29, 1.82) is 0 Å². The zero-order valence-electron chi connectivity index (χ0n) is 10.3. The molecule has 2 rings (SSSR count). The second kappa shape index (κ2) is 6.99. The number of benzene rings is 1. The molecular formula is C14H14BrNO3. The Bertz CT molecular complexity index is 524. The van der Waals surface area contributed by atoms with Crippen LogP contribution in [0.2, 0.25) is 0 Å². The molecule has 0 bridgehead atoms. The lowest BCUT2D eigenvalue weighted by molar-refractivity contribution is 0.0922. The maximum Gasteiger partial charge on any atom is 0.287 e. The van der Waals surface area contributed by atoms with Gasteiger partial charge in [0.05, 0.1) is 6.61 Å². The zero-order valence-corrected chi connectivity index (χ0v) is 11.9. The van der Waals surface area contributed by atoms with Crippen LogP contribution in [-0.4, -0.2) is 19.1 Å². The summed E-state index contributed by atoms with van der Waals surface area (Å²) < 4.78 is 11.2. The largest absolute Gasteiger partial charge is 0.494 e. The first kappa shape index (κ1) is 13.7. The Morgan fingerprint density at radius 1 is 1.21 bits per heavy atom. The predicted molar refractivity (Wildman–Crippen MR) is 75.3 cm³/mol. The summed E-state index contributed by atoms with van der Waals surface area (Å²) >= 11 is 3.15. The van der Waals surface area contributed by atoms with E-state index in [1.807, 2.05) is 30.3 Å². The lowest BCUT2D eigenvalue weighted by Gasteiger charge is -2.06. The molecule has 2 aromatic rings. The Balaban J connectivity index is 1.63. The van der Waals surface area contributed by atoms with Crippen LogP contribution >= 0.6 is 15.9 Å². The summed E-state index contributed by atoms with van der Waals surface area (Å²) in [6, 6.07) is 12.9. The van der Waals surface area contributed by atoms with E-state index in [9.17, 15) is 4.79 Å². The van der Waals surface area contributed by atoms with Gasteiger partial charge in [0.1, 0.15) is 5.75 Å². The fraction of sp³-hybridized carbons (Fsp3) is 0.214. The molecule has 0 saturated carbocycles. The number of ether oxygens (including phenoxy) is 1. The van der Waals surface area contributed by atoms with Crippen molar-refractivity contribution in [3.05, 3.63) is 52.9 Å². The fourth-order valence-corrected chi connectivity index (χ4v) is 1.81. The first-order valence-electron chi connectivity index (χ1n) is 5.97. The maximum atomic E-state index is 11.6. The number of carbonyl (C=O) groups excluding carboxylic acids is 1. The van der Waals surface area contributed by atoms with Gasteiger partial charge in [-0.25, -0.2) is 0 Å². The fourth-order valence-electron chi connectivity index (χ4n) is 1.50. The van der Waals surface area contributed by atoms with Crippen molar-refractivity contribution < 1.29 is 13.9 Å². The summed E-state index contributed by atoms with van der Waals surface area (Å²) in [6.45, 7) is 1.11. The van der Waals surface area contributed by atoms with Crippen LogP contribution < -0.4 is 10.1 Å². The third kappa shape index (κ3) is 4.44. The van der Waals surface area contributed by atoms with Gasteiger partial charge in [-0.1, -0.05) is 18.2 Å². The Kier molecular flexibility index (Phi) is 5.03. The van der Waals surface area contributed by atoms with Crippen LogP contribution in [0.3, 0.4) is 0 Å². The molecule has 0 atom stereocenters. The monoisotopic (exact) mass is 323 g/mol. The van der Waals surface area contributed by atoms with Gasteiger partial charge in [0.15, 0.2) is 10.4 Å². The van der Waals surface area contributed by atoms with E-state index in [1.165, 1.54) is 0 Å². The van der Waals surface area contributed by atoms with Gasteiger partial charge < -0.3 is 14.5 Å². The number of carbonyl (C=O) groups is 1. The van der Waals surface area contributed by atoms with E-state index in [0.717, 1.165) is 12.2 Å². The molecule has 4 nitrogen and oxygen atoms in total. The van der Waals surface area contributed by atoms with Crippen molar-refractivity contribution in [2.24, 2.45) is 0 Å². The van der Waals surface area contributed by atoms with Gasteiger partial charge in [0.2, 0.25) is 0 Å². The van der Waals surface area contributed by atoms with Crippen molar-refractivity contribution in [1.82, 2.24) is 5.32 Å². The van der Waals surface area contributed by atoms with Crippen LogP contribution in [-0.2, 0) is 0 Å². The van der Waals surface area contributed by atoms with E-state index < -0.39 is 0 Å². The highest BCUT2D eigenvalue weighted by molar-refractivity contribution is 9.10. The highest BCUT2D eigenvalue weighted by Gasteiger charge is 2.08. The van der Waals surface area contributed by atoms with E-state index >= 15 is 0 Å². The van der Waals surface area contributed by atoms with E-state index in [4.69, 9.17) is 9.15 Å². The van der Waals surface area contributed by atoms with Crippen LogP contribution in [0.4, 0.5) is 0 Å². The number of nitrogens with one attached hydrogen (secondary N) is 1. The molecule has 0 saturated heterocycles. The molecule has 0 aliphatic rings. The number of para-hydroxylation sites is 1. The molecule has 0 unspecified atom stereocenters. The molecular weight excluding hydrogens is 310 g/mol. The highest BCUT2D eigenvalue weighted by Crippen LogP contribution is 2.13. The number of rotatable bonds is 6. The predicted octanol–water partition coefficient (Wildman–Crippen LogP) is 3.24. The van der Waals surface area contributed by atoms with Crippen molar-refractivity contribution in [3.8, 4) is 5.75 Å². The molecule has 1 amide bonds. The first-order chi connectivity index (χ1) is 9.25. The lowest BCUT2D eigenvalue weighted by atomic mass is 10.3. The molecule has 1 aromatic heterocycles. The summed E-state index contributed by atoms with van der Waals surface area (Å²) in [5.74, 6) is 0.921. The summed E-state index contributed by atoms with van der Waals surface area (Å²) in [7, 11) is 0. The first-order valence-corrected chi connectivity index (χ1v) is 6.76. The van der Waals surface area contributed by atoms with Gasteiger partial charge in [-0.05, 0) is 46.6 Å². The second-order valence-corrected chi connectivity index (χ2v) is 4.66. The summed E-state index contributed by atoms with van der Waals surface area (Å²) in [5, 5.41) is 2.77. The topological polar surface area (TPSA) is 51.5 Å². The average molecular weight is 324 g/mol. The van der Waals surface area contributed by atoms with E-state index in [-0.39, 0.29) is 5.91 Å². The van der Waals surface area contributed by atoms with Crippen molar-refractivity contribution in [3.63, 3.8) is 0 Å². The van der Waals surface area contributed by atoms with Crippen molar-refractivity contribution in [2.45, 2.75) is 6.42 Å². The van der Waals surface area contributed by atoms with Crippen molar-refractivity contribution in [2.75, 3.05) is 13.2 Å². The standard InChI is InChI=1S/C14H14BrNO3/c15-13-8-7-12(19-13)14(17)16-9-4-10-18-11-5-2-1-3-6-11/h1-3,5-8H,4,9-10H2,(H,16,17). The van der Waals surface area contributed by atoms with Gasteiger partial charge in [-0.15, -0.1) is 0 Å². The molecule has 100 valence electrons. The number of hydrogen-bond donors (Lipinski definition) is 1. The number of amides is 1. The maximum absolute atomic E-state index is 11.6. The van der Waals surface area contributed by atoms with Crippen LogP contribution in [0.1, 0.15) is 17.0 Å². The molecule has 5 heteroatoms. The summed E-state index contributed by atoms with van der Waals surface area (Å²) in [4.78, 5) is 11.6. The minimum Gasteiger partial charge on any atom is -0.494 e. The third-order valence-corrected chi connectivity index (χ3v) is 2.84. The Morgan fingerprint density at radius 2 is 2.00 bits per heavy atom. The van der Waals surface area contributed by atoms with Gasteiger partial charge in [0.25, 0.3) is 5.91 Å². The quantitative estimate of drug-likeness (QED) is 0.830. The Hall–Kier alpha value is -1.75. The molecule has 1 aromatic carbocycles. The lowest BCUT2D eigenvalue weighted by Crippen LogP contribution is -2.25. The Morgan fingerprint density at radius 3 is 2.68 bits per heavy atom. The molecule has 0 fully saturated rings. The molecule has 0 spiro atoms. The van der Waals surface area contributed by atoms with Crippen LogP contribution in [0, 0.1) is 0 Å². The number of hydrogen-bond acceptors (Lipinski definition) is 3. The Labute approximate surface area is 119 Å². The van der Waals surface area contributed by atoms with Gasteiger partial charge in [-0.2, -0.15) is 0 Å². The van der Waals surface area contributed by atoms with E-state index in [1.54, 1.807) is 12.1 Å². The number of furan rings is 1. The molecule has 0 aliphatic heterocycles. The summed E-state index contributed by atoms with van der Waals surface area (Å²) in [5.41, 5.74) is 0. The van der Waals surface area contributed by atoms with Gasteiger partial charge in [0, 0.05) is 6.54 Å². The highest BCUT2D eigenvalue weighted by atomic mass is 79.9. The minimum absolute atomic E-state index is 0.217. The van der Waals surface area contributed by atoms with E-state index in [2.05, 4.69) is 21.2 Å². The van der Waals surface area contributed by atoms with Gasteiger partial charge in [-0.3, -0.25) is 4.79 Å². The van der Waals surface area contributed by atoms with Crippen LogP contribution in [0.25, 0.3) is 0 Å². The molecule has 0 aliphatic carbocycles. The van der Waals surface area contributed by atoms with Gasteiger partial charge >= 0.3 is 0 Å². The van der Waals surface area contributed by atoms with E-state index in [0.29, 0.717) is 23.6 Å². The molecule has 19 heavy (non-hydrogen) atoms. The molecule has 1 heterocycles. The molecule has 1 N–H and O–H groups in total. The average Bonchev–Trinajstić information content (AvgIpc) is 2.86. The second-order valence-electron chi connectivity index (χ2n) is 3.87. The smallest absolute Gasteiger partial charge is 0.287 e. The zero-order chi connectivity index (χ0) is 13.5. The molecule has 0 radical (unpaired) electrons. The number of halogens is 1.